The van der Waals surface area contributed by atoms with Crippen LogP contribution < -0.4 is 5.32 Å². The largest absolute Gasteiger partial charge is 0.461 e. The Balaban J connectivity index is 1.85. The fourth-order valence-electron chi connectivity index (χ4n) is 3.46. The van der Waals surface area contributed by atoms with Crippen LogP contribution in [0.15, 0.2) is 24.3 Å². The van der Waals surface area contributed by atoms with Gasteiger partial charge in [0.15, 0.2) is 0 Å². The van der Waals surface area contributed by atoms with E-state index in [0.29, 0.717) is 6.61 Å². The second kappa shape index (κ2) is 17.6. The van der Waals surface area contributed by atoms with E-state index in [4.69, 9.17) is 4.74 Å². The number of hydrogen-bond acceptors (Lipinski definition) is 3. The molecule has 0 bridgehead atoms. The predicted octanol–water partition coefficient (Wildman–Crippen LogP) is 7.64. The Morgan fingerprint density at radius 2 is 1.21 bits per heavy atom. The number of hydrogen-bond donors (Lipinski definition) is 1. The number of nitrogens with one attached hydrogen (secondary N) is 1. The van der Waals surface area contributed by atoms with Gasteiger partial charge in [-0.1, -0.05) is 103 Å². The van der Waals surface area contributed by atoms with Crippen molar-refractivity contribution in [2.75, 3.05) is 11.9 Å². The van der Waals surface area contributed by atoms with Gasteiger partial charge in [-0.25, -0.2) is 0 Å². The Kier molecular flexibility index (Phi) is 15.4. The highest BCUT2D eigenvalue weighted by Crippen LogP contribution is 2.14. The van der Waals surface area contributed by atoms with Gasteiger partial charge in [-0.15, -0.1) is 0 Å². The van der Waals surface area contributed by atoms with Crippen molar-refractivity contribution in [3.8, 4) is 0 Å². The van der Waals surface area contributed by atoms with E-state index in [1.165, 1.54) is 96.8 Å². The number of anilines is 1. The van der Waals surface area contributed by atoms with Gasteiger partial charge in [0.05, 0.1) is 0 Å². The van der Waals surface area contributed by atoms with E-state index < -0.39 is 0 Å². The third-order valence-electron chi connectivity index (χ3n) is 5.26. The summed E-state index contributed by atoms with van der Waals surface area (Å²) in [6.07, 6.45) is 19.5. The average Bonchev–Trinajstić information content (AvgIpc) is 2.70. The molecule has 0 heterocycles. The summed E-state index contributed by atoms with van der Waals surface area (Å²) in [5.41, 5.74) is 2.17. The van der Waals surface area contributed by atoms with Crippen LogP contribution in [-0.4, -0.2) is 12.5 Å². The first-order valence-electron chi connectivity index (χ1n) is 11.7. The summed E-state index contributed by atoms with van der Waals surface area (Å²) in [6.45, 7) is 5.10. The van der Waals surface area contributed by atoms with Crippen molar-refractivity contribution in [2.24, 2.45) is 0 Å². The van der Waals surface area contributed by atoms with Crippen LogP contribution in [0.5, 0.6) is 0 Å². The van der Waals surface area contributed by atoms with Crippen LogP contribution in [0.2, 0.25) is 0 Å². The predicted molar refractivity (Wildman–Crippen MR) is 121 cm³/mol. The summed E-state index contributed by atoms with van der Waals surface area (Å²) < 4.78 is 5.00. The maximum Gasteiger partial charge on any atom is 0.302 e. The summed E-state index contributed by atoms with van der Waals surface area (Å²) in [4.78, 5) is 10.8. The Labute approximate surface area is 173 Å². The maximum absolute atomic E-state index is 10.8. The van der Waals surface area contributed by atoms with E-state index in [1.54, 1.807) is 0 Å². The molecular formula is C25H43NO2. The fraction of sp³-hybridized carbons (Fsp3) is 0.720. The standard InChI is InChI=1S/C25H43NO2/c1-3-4-5-6-7-8-9-10-11-12-13-14-15-16-21-26-25-19-17-24(18-20-25)22-28-23(2)27/h17-20,26H,3-16,21-22H2,1-2H3. The van der Waals surface area contributed by atoms with Crippen LogP contribution in [0.4, 0.5) is 5.69 Å². The molecule has 1 aromatic carbocycles. The Morgan fingerprint density at radius 3 is 1.68 bits per heavy atom. The lowest BCUT2D eigenvalue weighted by Gasteiger charge is -2.08. The molecule has 0 aliphatic carbocycles. The minimum absolute atomic E-state index is 0.236. The molecule has 0 spiro atoms. The fourth-order valence-corrected chi connectivity index (χ4v) is 3.46. The van der Waals surface area contributed by atoms with Gasteiger partial charge in [-0.2, -0.15) is 0 Å². The summed E-state index contributed by atoms with van der Waals surface area (Å²) in [5.74, 6) is -0.236. The molecule has 0 aliphatic heterocycles. The first kappa shape index (κ1) is 24.5. The molecule has 0 aliphatic rings. The summed E-state index contributed by atoms with van der Waals surface area (Å²) in [6, 6.07) is 8.14. The van der Waals surface area contributed by atoms with Crippen molar-refractivity contribution >= 4 is 11.7 Å². The Bertz CT molecular complexity index is 484. The van der Waals surface area contributed by atoms with Crippen LogP contribution in [0, 0.1) is 0 Å². The number of benzene rings is 1. The molecule has 3 heteroatoms. The van der Waals surface area contributed by atoms with Crippen LogP contribution >= 0.6 is 0 Å². The van der Waals surface area contributed by atoms with Crippen molar-refractivity contribution in [3.63, 3.8) is 0 Å². The van der Waals surface area contributed by atoms with E-state index in [2.05, 4.69) is 24.4 Å². The highest BCUT2D eigenvalue weighted by molar-refractivity contribution is 5.65. The first-order valence-corrected chi connectivity index (χ1v) is 11.7. The topological polar surface area (TPSA) is 38.3 Å². The van der Waals surface area contributed by atoms with Crippen molar-refractivity contribution in [3.05, 3.63) is 29.8 Å². The smallest absolute Gasteiger partial charge is 0.302 e. The monoisotopic (exact) mass is 389 g/mol. The molecule has 0 unspecified atom stereocenters. The second-order valence-electron chi connectivity index (χ2n) is 8.00. The van der Waals surface area contributed by atoms with Gasteiger partial charge in [-0.3, -0.25) is 4.79 Å². The number of unbranched alkanes of at least 4 members (excludes halogenated alkanes) is 13. The second-order valence-corrected chi connectivity index (χ2v) is 8.00. The quantitative estimate of drug-likeness (QED) is 0.207. The van der Waals surface area contributed by atoms with Gasteiger partial charge in [0.25, 0.3) is 0 Å². The molecule has 3 nitrogen and oxygen atoms in total. The number of ether oxygens (including phenoxy) is 1. The van der Waals surface area contributed by atoms with Crippen molar-refractivity contribution in [2.45, 2.75) is 110 Å². The van der Waals surface area contributed by atoms with Gasteiger partial charge in [0.2, 0.25) is 0 Å². The number of carbonyl (C=O) groups excluding carboxylic acids is 1. The zero-order chi connectivity index (χ0) is 20.3. The van der Waals surface area contributed by atoms with Gasteiger partial charge in [-0.05, 0) is 24.1 Å². The number of carbonyl (C=O) groups is 1. The molecule has 0 fully saturated rings. The molecular weight excluding hydrogens is 346 g/mol. The lowest BCUT2D eigenvalue weighted by atomic mass is 10.0. The molecule has 0 atom stereocenters. The molecule has 160 valence electrons. The first-order chi connectivity index (χ1) is 13.7. The third-order valence-corrected chi connectivity index (χ3v) is 5.26. The van der Waals surface area contributed by atoms with Gasteiger partial charge >= 0.3 is 5.97 Å². The summed E-state index contributed by atoms with van der Waals surface area (Å²) in [5, 5.41) is 3.47. The molecule has 0 saturated carbocycles. The Hall–Kier alpha value is -1.51. The van der Waals surface area contributed by atoms with Gasteiger partial charge in [0, 0.05) is 19.2 Å². The van der Waals surface area contributed by atoms with Crippen molar-refractivity contribution in [1.82, 2.24) is 0 Å². The Morgan fingerprint density at radius 1 is 0.750 bits per heavy atom. The minimum atomic E-state index is -0.236. The lowest BCUT2D eigenvalue weighted by molar-refractivity contribution is -0.142. The van der Waals surface area contributed by atoms with E-state index in [-0.39, 0.29) is 5.97 Å². The van der Waals surface area contributed by atoms with Crippen molar-refractivity contribution in [1.29, 1.82) is 0 Å². The lowest BCUT2D eigenvalue weighted by Crippen LogP contribution is -2.02. The van der Waals surface area contributed by atoms with Gasteiger partial charge < -0.3 is 10.1 Å². The van der Waals surface area contributed by atoms with Crippen LogP contribution in [0.3, 0.4) is 0 Å². The molecule has 1 N–H and O–H groups in total. The molecule has 0 saturated heterocycles. The molecule has 0 radical (unpaired) electrons. The van der Waals surface area contributed by atoms with E-state index in [1.807, 2.05) is 12.1 Å². The summed E-state index contributed by atoms with van der Waals surface area (Å²) in [7, 11) is 0. The average molecular weight is 390 g/mol. The zero-order valence-electron chi connectivity index (χ0n) is 18.4. The van der Waals surface area contributed by atoms with Crippen LogP contribution in [-0.2, 0) is 16.1 Å². The highest BCUT2D eigenvalue weighted by Gasteiger charge is 1.98. The SMILES string of the molecule is CCCCCCCCCCCCCCCCNc1ccc(COC(C)=O)cc1. The molecule has 0 aromatic heterocycles. The zero-order valence-corrected chi connectivity index (χ0v) is 18.4. The van der Waals surface area contributed by atoms with Gasteiger partial charge in [0.1, 0.15) is 6.61 Å². The normalized spacial score (nSPS) is 10.8. The minimum Gasteiger partial charge on any atom is -0.461 e. The van der Waals surface area contributed by atoms with Crippen LogP contribution in [0.25, 0.3) is 0 Å². The highest BCUT2D eigenvalue weighted by atomic mass is 16.5. The van der Waals surface area contributed by atoms with E-state index in [9.17, 15) is 4.79 Å². The van der Waals surface area contributed by atoms with E-state index >= 15 is 0 Å². The summed E-state index contributed by atoms with van der Waals surface area (Å²) >= 11 is 0. The maximum atomic E-state index is 10.8. The van der Waals surface area contributed by atoms with Crippen LogP contribution in [0.1, 0.15) is 109 Å². The number of rotatable bonds is 18. The molecule has 0 amide bonds. The third kappa shape index (κ3) is 14.5. The molecule has 1 rings (SSSR count). The molecule has 28 heavy (non-hydrogen) atoms. The van der Waals surface area contributed by atoms with Crippen molar-refractivity contribution < 1.29 is 9.53 Å². The molecule has 1 aromatic rings. The van der Waals surface area contributed by atoms with E-state index in [0.717, 1.165) is 17.8 Å². The number of esters is 1.